The quantitative estimate of drug-likeness (QED) is 0.784. The van der Waals surface area contributed by atoms with E-state index in [9.17, 15) is 9.50 Å². The van der Waals surface area contributed by atoms with E-state index < -0.39 is 17.9 Å². The van der Waals surface area contributed by atoms with Crippen LogP contribution in [-0.4, -0.2) is 48.5 Å². The molecule has 0 spiro atoms. The van der Waals surface area contributed by atoms with Crippen molar-refractivity contribution in [2.45, 2.75) is 71.1 Å². The molecule has 114 valence electrons. The summed E-state index contributed by atoms with van der Waals surface area (Å²) in [5.41, 5.74) is 0. The molecule has 3 atom stereocenters. The van der Waals surface area contributed by atoms with E-state index in [-0.39, 0.29) is 18.9 Å². The van der Waals surface area contributed by atoms with Crippen LogP contribution in [0.25, 0.3) is 0 Å². The highest BCUT2D eigenvalue weighted by molar-refractivity contribution is 4.86. The van der Waals surface area contributed by atoms with Gasteiger partial charge in [0.25, 0.3) is 0 Å². The normalized spacial score (nSPS) is 33.3. The molecule has 0 radical (unpaired) electrons. The first kappa shape index (κ1) is 16.8. The Morgan fingerprint density at radius 3 is 2.47 bits per heavy atom. The molecule has 6 heteroatoms. The van der Waals surface area contributed by atoms with Gasteiger partial charge in [-0.1, -0.05) is 0 Å². The maximum atomic E-state index is 10.3. The van der Waals surface area contributed by atoms with Gasteiger partial charge in [0.2, 0.25) is 0 Å². The van der Waals surface area contributed by atoms with Crippen molar-refractivity contribution in [3.63, 3.8) is 0 Å². The molecule has 0 saturated carbocycles. The molecule has 2 unspecified atom stereocenters. The van der Waals surface area contributed by atoms with Crippen molar-refractivity contribution in [3.05, 3.63) is 0 Å². The number of hydrogen-bond acceptors (Lipinski definition) is 5. The summed E-state index contributed by atoms with van der Waals surface area (Å²) in [6.45, 7) is 8.67. The second-order valence-corrected chi connectivity index (χ2v) is 5.50. The summed E-state index contributed by atoms with van der Waals surface area (Å²) in [6, 6.07) is 0. The summed E-state index contributed by atoms with van der Waals surface area (Å²) in [4.78, 5) is 0. The Bertz CT molecular complexity index is 277. The van der Waals surface area contributed by atoms with Gasteiger partial charge in [0.1, 0.15) is 6.10 Å². The molecule has 0 aromatic carbocycles. The van der Waals surface area contributed by atoms with E-state index in [4.69, 9.17) is 18.9 Å². The first-order chi connectivity index (χ1) is 8.68. The Morgan fingerprint density at radius 2 is 1.95 bits per heavy atom. The minimum absolute atomic E-state index is 0.194. The topological polar surface area (TPSA) is 57.2 Å². The molecule has 0 aromatic heterocycles. The van der Waals surface area contributed by atoms with Crippen LogP contribution >= 0.6 is 0 Å². The Hall–Kier alpha value is -0.270. The van der Waals surface area contributed by atoms with E-state index in [0.717, 1.165) is 0 Å². The van der Waals surface area contributed by atoms with E-state index >= 15 is 0 Å². The van der Waals surface area contributed by atoms with Gasteiger partial charge in [0.05, 0.1) is 19.4 Å². The third-order valence-electron chi connectivity index (χ3n) is 2.58. The van der Waals surface area contributed by atoms with Crippen molar-refractivity contribution in [2.75, 3.05) is 13.3 Å². The highest BCUT2D eigenvalue weighted by atomic mass is 19.1. The zero-order chi connectivity index (χ0) is 14.7. The smallest absolute Gasteiger partial charge is 0.189 e. The maximum absolute atomic E-state index is 10.3. The van der Waals surface area contributed by atoms with Gasteiger partial charge >= 0.3 is 0 Å². The fraction of sp³-hybridized carbons (Fsp3) is 1.00. The van der Waals surface area contributed by atoms with Crippen LogP contribution in [0.3, 0.4) is 0 Å². The highest BCUT2D eigenvalue weighted by Gasteiger charge is 2.49. The number of rotatable bonds is 2. The SMILES string of the molecule is CC(C)(O)OC1CCOC2OC(C)(C)O[C@@H]12.CCF. The second kappa shape index (κ2) is 6.45. The van der Waals surface area contributed by atoms with Gasteiger partial charge < -0.3 is 24.1 Å². The number of fused-ring (bicyclic) bond motifs is 1. The first-order valence-electron chi connectivity index (χ1n) is 6.62. The predicted octanol–water partition coefficient (Wildman–Crippen LogP) is 1.97. The Kier molecular flexibility index (Phi) is 5.70. The number of aliphatic hydroxyl groups is 1. The fourth-order valence-electron chi connectivity index (χ4n) is 2.10. The zero-order valence-electron chi connectivity index (χ0n) is 12.3. The molecular formula is C13H25FO5. The van der Waals surface area contributed by atoms with Crippen LogP contribution in [0.5, 0.6) is 0 Å². The molecule has 0 bridgehead atoms. The van der Waals surface area contributed by atoms with E-state index in [0.29, 0.717) is 13.0 Å². The van der Waals surface area contributed by atoms with Gasteiger partial charge in [-0.3, -0.25) is 4.39 Å². The van der Waals surface area contributed by atoms with Crippen LogP contribution in [0.15, 0.2) is 0 Å². The van der Waals surface area contributed by atoms with Crippen molar-refractivity contribution in [1.82, 2.24) is 0 Å². The fourth-order valence-corrected chi connectivity index (χ4v) is 2.10. The van der Waals surface area contributed by atoms with Crippen molar-refractivity contribution in [3.8, 4) is 0 Å². The van der Waals surface area contributed by atoms with E-state index in [1.54, 1.807) is 13.8 Å². The van der Waals surface area contributed by atoms with Crippen molar-refractivity contribution < 1.29 is 28.4 Å². The third-order valence-corrected chi connectivity index (χ3v) is 2.58. The standard InChI is InChI=1S/C11H20O5.C2H5F/c1-10(2,12)14-7-5-6-13-9-8(7)15-11(3,4)16-9;1-2-3/h7-9,12H,5-6H2,1-4H3;2H2,1H3/t7?,8-,9?;/m0./s1. The molecule has 5 nitrogen and oxygen atoms in total. The molecule has 2 fully saturated rings. The number of alkyl halides is 1. The minimum atomic E-state index is -1.16. The molecule has 19 heavy (non-hydrogen) atoms. The lowest BCUT2D eigenvalue weighted by Crippen LogP contribution is -2.47. The molecule has 0 amide bonds. The van der Waals surface area contributed by atoms with Crippen molar-refractivity contribution in [2.24, 2.45) is 0 Å². The maximum Gasteiger partial charge on any atom is 0.189 e. The monoisotopic (exact) mass is 280 g/mol. The summed E-state index contributed by atoms with van der Waals surface area (Å²) in [5, 5.41) is 9.66. The minimum Gasteiger partial charge on any atom is -0.366 e. The first-order valence-corrected chi connectivity index (χ1v) is 6.62. The molecule has 1 N–H and O–H groups in total. The summed E-state index contributed by atoms with van der Waals surface area (Å²) < 4.78 is 32.6. The zero-order valence-corrected chi connectivity index (χ0v) is 12.3. The Balaban J connectivity index is 0.000000550. The average molecular weight is 280 g/mol. The molecule has 2 aliphatic heterocycles. The summed E-state index contributed by atoms with van der Waals surface area (Å²) in [7, 11) is 0. The van der Waals surface area contributed by atoms with E-state index in [1.165, 1.54) is 6.92 Å². The number of hydrogen-bond donors (Lipinski definition) is 1. The Labute approximate surface area is 114 Å². The van der Waals surface area contributed by atoms with Crippen LogP contribution in [0.2, 0.25) is 0 Å². The summed E-state index contributed by atoms with van der Waals surface area (Å²) in [6.07, 6.45) is -0.156. The lowest BCUT2D eigenvalue weighted by molar-refractivity contribution is -0.258. The van der Waals surface area contributed by atoms with Gasteiger partial charge in [0, 0.05) is 0 Å². The van der Waals surface area contributed by atoms with Crippen LogP contribution in [0.1, 0.15) is 41.0 Å². The largest absolute Gasteiger partial charge is 0.366 e. The molecular weight excluding hydrogens is 255 g/mol. The lowest BCUT2D eigenvalue weighted by atomic mass is 10.1. The van der Waals surface area contributed by atoms with Crippen LogP contribution in [0, 0.1) is 0 Å². The van der Waals surface area contributed by atoms with E-state index in [2.05, 4.69) is 0 Å². The van der Waals surface area contributed by atoms with Gasteiger partial charge in [-0.2, -0.15) is 0 Å². The van der Waals surface area contributed by atoms with Crippen LogP contribution in [-0.2, 0) is 18.9 Å². The third kappa shape index (κ3) is 5.31. The molecule has 2 saturated heterocycles. The van der Waals surface area contributed by atoms with Gasteiger partial charge in [-0.15, -0.1) is 0 Å². The van der Waals surface area contributed by atoms with Crippen LogP contribution < -0.4 is 0 Å². The number of ether oxygens (including phenoxy) is 4. The molecule has 2 aliphatic rings. The molecule has 0 aliphatic carbocycles. The molecule has 0 aromatic rings. The lowest BCUT2D eigenvalue weighted by Gasteiger charge is -2.34. The van der Waals surface area contributed by atoms with Crippen molar-refractivity contribution >= 4 is 0 Å². The average Bonchev–Trinajstić information content (AvgIpc) is 2.52. The Morgan fingerprint density at radius 1 is 1.37 bits per heavy atom. The van der Waals surface area contributed by atoms with Crippen LogP contribution in [0.4, 0.5) is 4.39 Å². The summed E-state index contributed by atoms with van der Waals surface area (Å²) in [5.74, 6) is -1.82. The highest BCUT2D eigenvalue weighted by Crippen LogP contribution is 2.36. The van der Waals surface area contributed by atoms with E-state index in [1.807, 2.05) is 13.8 Å². The molecule has 2 heterocycles. The van der Waals surface area contributed by atoms with Gasteiger partial charge in [0.15, 0.2) is 17.9 Å². The van der Waals surface area contributed by atoms with Crippen molar-refractivity contribution in [1.29, 1.82) is 0 Å². The van der Waals surface area contributed by atoms with Gasteiger partial charge in [-0.05, 0) is 41.0 Å². The number of halogens is 1. The predicted molar refractivity (Wildman–Crippen MR) is 67.2 cm³/mol. The molecule has 2 rings (SSSR count). The summed E-state index contributed by atoms with van der Waals surface area (Å²) >= 11 is 0. The van der Waals surface area contributed by atoms with Gasteiger partial charge in [-0.25, -0.2) is 0 Å². The second-order valence-electron chi connectivity index (χ2n) is 5.50.